The van der Waals surface area contributed by atoms with Crippen LogP contribution in [0.2, 0.25) is 0 Å². The van der Waals surface area contributed by atoms with Crippen LogP contribution in [-0.2, 0) is 0 Å². The Morgan fingerprint density at radius 1 is 0.556 bits per heavy atom. The number of hydrogen-bond donors (Lipinski definition) is 2. The van der Waals surface area contributed by atoms with Crippen molar-refractivity contribution in [1.29, 1.82) is 0 Å². The number of benzene rings is 2. The zero-order valence-corrected chi connectivity index (χ0v) is 33.1. The second-order valence-electron chi connectivity index (χ2n) is 17.5. The summed E-state index contributed by atoms with van der Waals surface area (Å²) in [4.78, 5) is 34.0. The van der Waals surface area contributed by atoms with Gasteiger partial charge < -0.3 is 20.1 Å². The number of nitrogens with one attached hydrogen (secondary N) is 2. The van der Waals surface area contributed by atoms with Crippen LogP contribution in [0.15, 0.2) is 97.3 Å². The van der Waals surface area contributed by atoms with Gasteiger partial charge in [0.05, 0.1) is 14.2 Å². The van der Waals surface area contributed by atoms with Crippen LogP contribution in [-0.4, -0.2) is 48.1 Å². The van der Waals surface area contributed by atoms with E-state index >= 15 is 0 Å². The lowest BCUT2D eigenvalue weighted by Gasteiger charge is -2.44. The predicted molar refractivity (Wildman–Crippen MR) is 212 cm³/mol. The van der Waals surface area contributed by atoms with Crippen molar-refractivity contribution >= 4 is 11.8 Å². The minimum Gasteiger partial charge on any atom is -0.497 e. The first kappa shape index (κ1) is 37.6. The maximum absolute atomic E-state index is 12.8. The van der Waals surface area contributed by atoms with Crippen molar-refractivity contribution < 1.29 is 19.1 Å². The summed E-state index contributed by atoms with van der Waals surface area (Å²) in [6, 6.07) is 28.1. The largest absolute Gasteiger partial charge is 0.497 e. The van der Waals surface area contributed by atoms with Crippen molar-refractivity contribution in [2.75, 3.05) is 14.2 Å². The van der Waals surface area contributed by atoms with Crippen molar-refractivity contribution in [2.45, 2.75) is 91.1 Å². The number of hydrogen-bond acceptors (Lipinski definition) is 6. The average Bonchev–Trinajstić information content (AvgIpc) is 3.68. The molecule has 8 rings (SSSR count). The number of carbonyl (C=O) groups is 2. The van der Waals surface area contributed by atoms with Crippen LogP contribution in [0.5, 0.6) is 11.5 Å². The molecule has 2 amide bonds. The molecule has 2 N–H and O–H groups in total. The molecule has 4 saturated carbocycles. The molecule has 54 heavy (non-hydrogen) atoms. The van der Waals surface area contributed by atoms with E-state index in [0.717, 1.165) is 24.3 Å². The predicted octanol–water partition coefficient (Wildman–Crippen LogP) is 8.86. The van der Waals surface area contributed by atoms with E-state index in [-0.39, 0.29) is 45.6 Å². The van der Waals surface area contributed by atoms with Crippen molar-refractivity contribution in [2.24, 2.45) is 33.5 Å². The van der Waals surface area contributed by atoms with E-state index in [9.17, 15) is 9.59 Å². The minimum atomic E-state index is -0.0707. The quantitative estimate of drug-likeness (QED) is 0.188. The third-order valence-corrected chi connectivity index (χ3v) is 15.2. The number of methoxy groups -OCH3 is 2. The van der Waals surface area contributed by atoms with E-state index in [1.165, 1.54) is 24.0 Å². The molecule has 4 bridgehead atoms. The molecule has 4 aliphatic carbocycles. The fraction of sp³-hybridized carbons (Fsp3) is 0.478. The van der Waals surface area contributed by atoms with Gasteiger partial charge in [0.2, 0.25) is 0 Å². The van der Waals surface area contributed by atoms with Crippen LogP contribution in [0.1, 0.15) is 111 Å². The van der Waals surface area contributed by atoms with Crippen LogP contribution in [0.3, 0.4) is 0 Å². The van der Waals surface area contributed by atoms with Crippen LogP contribution in [0.25, 0.3) is 0 Å². The first-order valence-corrected chi connectivity index (χ1v) is 19.5. The summed E-state index contributed by atoms with van der Waals surface area (Å²) in [5, 5.41) is 6.64. The summed E-state index contributed by atoms with van der Waals surface area (Å²) >= 11 is 0. The average molecular weight is 729 g/mol. The number of pyridine rings is 2. The van der Waals surface area contributed by atoms with Gasteiger partial charge in [-0.15, -0.1) is 0 Å². The topological polar surface area (TPSA) is 102 Å². The highest BCUT2D eigenvalue weighted by molar-refractivity contribution is 5.93. The summed E-state index contributed by atoms with van der Waals surface area (Å²) in [5.41, 5.74) is 3.98. The SMILES string of the molecule is COc1ccc([C@@H]2C[C@@H]3C[C@H](NC(=O)c4ccccn4)[C@@]2(C)C3(C)C)cc1.COc1ccc([C@@H]2C[C@@H]3C[C@H](NC(=O)c4ccccn4)[C@@]2(C)C3(C)C)cc1. The van der Waals surface area contributed by atoms with Crippen LogP contribution in [0.4, 0.5) is 0 Å². The van der Waals surface area contributed by atoms with E-state index in [1.54, 1.807) is 38.7 Å². The number of ether oxygens (including phenoxy) is 2. The number of nitrogens with zero attached hydrogens (tertiary/aromatic N) is 2. The molecule has 0 unspecified atom stereocenters. The number of rotatable bonds is 8. The van der Waals surface area contributed by atoms with Crippen LogP contribution < -0.4 is 20.1 Å². The summed E-state index contributed by atoms with van der Waals surface area (Å²) in [6.07, 6.45) is 7.75. The first-order chi connectivity index (χ1) is 25.7. The molecule has 8 atom stereocenters. The zero-order chi connectivity index (χ0) is 38.5. The van der Waals surface area contributed by atoms with Gasteiger partial charge in [-0.2, -0.15) is 0 Å². The van der Waals surface area contributed by atoms with Crippen LogP contribution in [0, 0.1) is 33.5 Å². The fourth-order valence-corrected chi connectivity index (χ4v) is 11.2. The Morgan fingerprint density at radius 2 is 0.926 bits per heavy atom. The summed E-state index contributed by atoms with van der Waals surface area (Å²) in [6.45, 7) is 14.2. The van der Waals surface area contributed by atoms with Gasteiger partial charge >= 0.3 is 0 Å². The Labute approximate surface area is 320 Å². The van der Waals surface area contributed by atoms with Crippen molar-refractivity contribution in [3.05, 3.63) is 120 Å². The number of aromatic nitrogens is 2. The van der Waals surface area contributed by atoms with Gasteiger partial charge in [0.15, 0.2) is 0 Å². The summed E-state index contributed by atoms with van der Waals surface area (Å²) in [7, 11) is 3.39. The van der Waals surface area contributed by atoms with Crippen LogP contribution >= 0.6 is 0 Å². The Kier molecular flexibility index (Phi) is 9.86. The normalized spacial score (nSPS) is 30.9. The molecule has 4 fully saturated rings. The Morgan fingerprint density at radius 3 is 1.22 bits per heavy atom. The molecule has 0 radical (unpaired) electrons. The highest BCUT2D eigenvalue weighted by Gasteiger charge is 2.67. The summed E-state index contributed by atoms with van der Waals surface area (Å²) in [5.74, 6) is 3.67. The Hall–Kier alpha value is -4.72. The Balaban J connectivity index is 0.000000167. The molecule has 4 aliphatic rings. The molecular weight excluding hydrogens is 673 g/mol. The van der Waals surface area contributed by atoms with Crippen molar-refractivity contribution in [3.8, 4) is 11.5 Å². The van der Waals surface area contributed by atoms with Gasteiger partial charge in [-0.05, 0) is 120 Å². The third kappa shape index (κ3) is 6.06. The van der Waals surface area contributed by atoms with E-state index < -0.39 is 0 Å². The maximum atomic E-state index is 12.8. The molecule has 0 saturated heterocycles. The van der Waals surface area contributed by atoms with E-state index in [4.69, 9.17) is 9.47 Å². The zero-order valence-electron chi connectivity index (χ0n) is 33.1. The van der Waals surface area contributed by atoms with E-state index in [1.807, 2.05) is 48.5 Å². The molecule has 2 aromatic heterocycles. The first-order valence-electron chi connectivity index (χ1n) is 19.5. The Bertz CT molecular complexity index is 1810. The van der Waals surface area contributed by atoms with Gasteiger partial charge in [0.1, 0.15) is 22.9 Å². The molecule has 4 aromatic rings. The molecule has 8 heteroatoms. The standard InChI is InChI=1S/2C23H28N2O2/c2*1-22(2)16-13-18(15-8-10-17(27-4)11-9-15)23(22,3)20(14-16)25-21(26)19-7-5-6-12-24-19/h2*5-12,16,18,20H,13-14H2,1-4H3,(H,25,26)/t2*16-,18+,20+,23+/m11/s1. The molecular formula is C46H56N4O4. The lowest BCUT2D eigenvalue weighted by atomic mass is 9.63. The summed E-state index contributed by atoms with van der Waals surface area (Å²) < 4.78 is 10.6. The molecule has 2 aromatic carbocycles. The number of amides is 2. The molecule has 0 spiro atoms. The number of carbonyl (C=O) groups excluding carboxylic acids is 2. The van der Waals surface area contributed by atoms with Gasteiger partial charge in [-0.25, -0.2) is 0 Å². The second-order valence-corrected chi connectivity index (χ2v) is 17.5. The maximum Gasteiger partial charge on any atom is 0.270 e. The van der Waals surface area contributed by atoms with Gasteiger partial charge in [0.25, 0.3) is 11.8 Å². The van der Waals surface area contributed by atoms with Gasteiger partial charge in [-0.1, -0.05) is 77.9 Å². The molecule has 0 aliphatic heterocycles. The number of fused-ring (bicyclic) bond motifs is 4. The molecule has 2 heterocycles. The third-order valence-electron chi connectivity index (χ3n) is 15.2. The highest BCUT2D eigenvalue weighted by atomic mass is 16.5. The van der Waals surface area contributed by atoms with E-state index in [0.29, 0.717) is 35.1 Å². The highest BCUT2D eigenvalue weighted by Crippen LogP contribution is 2.72. The fourth-order valence-electron chi connectivity index (χ4n) is 11.2. The monoisotopic (exact) mass is 728 g/mol. The van der Waals surface area contributed by atoms with Crippen molar-refractivity contribution in [1.82, 2.24) is 20.6 Å². The lowest BCUT2D eigenvalue weighted by Crippen LogP contribution is -2.50. The van der Waals surface area contributed by atoms with Gasteiger partial charge in [-0.3, -0.25) is 19.6 Å². The van der Waals surface area contributed by atoms with Crippen molar-refractivity contribution in [3.63, 3.8) is 0 Å². The minimum absolute atomic E-state index is 0.00328. The van der Waals surface area contributed by atoms with E-state index in [2.05, 4.69) is 86.4 Å². The lowest BCUT2D eigenvalue weighted by molar-refractivity contribution is 0.0759. The second kappa shape index (κ2) is 14.2. The molecule has 284 valence electrons. The molecule has 8 nitrogen and oxygen atoms in total. The van der Waals surface area contributed by atoms with Gasteiger partial charge in [0, 0.05) is 35.3 Å². The smallest absolute Gasteiger partial charge is 0.270 e.